The third kappa shape index (κ3) is 4.84. The highest BCUT2D eigenvalue weighted by atomic mass is 32.2. The predicted octanol–water partition coefficient (Wildman–Crippen LogP) is 6.03. The molecule has 0 saturated carbocycles. The van der Waals surface area contributed by atoms with Crippen molar-refractivity contribution < 1.29 is 13.2 Å². The van der Waals surface area contributed by atoms with Crippen molar-refractivity contribution in [3.63, 3.8) is 0 Å². The van der Waals surface area contributed by atoms with Gasteiger partial charge in [-0.1, -0.05) is 30.3 Å². The number of anilines is 2. The molecule has 0 atom stereocenters. The number of sulfonamides is 1. The number of fused-ring (bicyclic) bond motifs is 1. The molecule has 2 N–H and O–H groups in total. The van der Waals surface area contributed by atoms with Crippen LogP contribution in [0.3, 0.4) is 0 Å². The molecule has 0 bridgehead atoms. The van der Waals surface area contributed by atoms with Crippen LogP contribution in [-0.2, 0) is 10.0 Å². The van der Waals surface area contributed by atoms with E-state index >= 15 is 0 Å². The minimum atomic E-state index is -3.78. The molecule has 0 saturated heterocycles. The molecule has 3 aromatic carbocycles. The molecule has 0 radical (unpaired) electrons. The summed E-state index contributed by atoms with van der Waals surface area (Å²) in [4.78, 5) is 22.1. The summed E-state index contributed by atoms with van der Waals surface area (Å²) >= 11 is 1.19. The lowest BCUT2D eigenvalue weighted by atomic mass is 10.0. The first-order valence-electron chi connectivity index (χ1n) is 11.1. The molecule has 0 unspecified atom stereocenters. The summed E-state index contributed by atoms with van der Waals surface area (Å²) in [6.45, 7) is 4.10. The Morgan fingerprint density at radius 1 is 0.917 bits per heavy atom. The van der Waals surface area contributed by atoms with E-state index in [1.165, 1.54) is 35.2 Å². The van der Waals surface area contributed by atoms with Gasteiger partial charge in [0, 0.05) is 28.2 Å². The van der Waals surface area contributed by atoms with Gasteiger partial charge in [-0.05, 0) is 67.4 Å². The number of aromatic nitrogens is 2. The smallest absolute Gasteiger partial charge is 0.263 e. The lowest BCUT2D eigenvalue weighted by Gasteiger charge is -2.12. The zero-order chi connectivity index (χ0) is 25.3. The molecule has 0 aliphatic rings. The van der Waals surface area contributed by atoms with Crippen LogP contribution in [0.4, 0.5) is 10.8 Å². The molecule has 2 heterocycles. The molecule has 0 fully saturated rings. The van der Waals surface area contributed by atoms with E-state index in [0.717, 1.165) is 16.5 Å². The first-order valence-corrected chi connectivity index (χ1v) is 13.5. The van der Waals surface area contributed by atoms with Crippen molar-refractivity contribution in [2.45, 2.75) is 18.7 Å². The average Bonchev–Trinajstić information content (AvgIpc) is 3.37. The fourth-order valence-corrected chi connectivity index (χ4v) is 5.56. The highest BCUT2D eigenvalue weighted by Crippen LogP contribution is 2.27. The Labute approximate surface area is 212 Å². The molecule has 0 spiro atoms. The summed E-state index contributed by atoms with van der Waals surface area (Å²) < 4.78 is 27.6. The van der Waals surface area contributed by atoms with Crippen LogP contribution in [0.1, 0.15) is 21.5 Å². The third-order valence-corrected chi connectivity index (χ3v) is 8.01. The second-order valence-corrected chi connectivity index (χ2v) is 10.9. The zero-order valence-electron chi connectivity index (χ0n) is 19.5. The van der Waals surface area contributed by atoms with Crippen molar-refractivity contribution in [2.75, 3.05) is 10.0 Å². The molecule has 5 rings (SSSR count). The molecule has 36 heavy (non-hydrogen) atoms. The zero-order valence-corrected chi connectivity index (χ0v) is 21.2. The SMILES string of the molecule is Cc1ccc(-c2cc(C(=O)Nc3ccc(S(=O)(=O)Nc4nccs4)cc3)c3ccccc3n2)cc1C. The molecule has 2 aromatic heterocycles. The fraction of sp³-hybridized carbons (Fsp3) is 0.0741. The maximum atomic E-state index is 13.3. The molecule has 1 amide bonds. The van der Waals surface area contributed by atoms with Gasteiger partial charge < -0.3 is 5.32 Å². The first-order chi connectivity index (χ1) is 17.3. The Hall–Kier alpha value is -4.08. The highest BCUT2D eigenvalue weighted by molar-refractivity contribution is 7.93. The molecular formula is C27H22N4O3S2. The number of thiazole rings is 1. The molecule has 5 aromatic rings. The summed E-state index contributed by atoms with van der Waals surface area (Å²) in [7, 11) is -3.78. The number of rotatable bonds is 6. The Bertz CT molecular complexity index is 1680. The number of hydrogen-bond donors (Lipinski definition) is 2. The Morgan fingerprint density at radius 2 is 1.69 bits per heavy atom. The van der Waals surface area contributed by atoms with E-state index in [-0.39, 0.29) is 15.9 Å². The van der Waals surface area contributed by atoms with Gasteiger partial charge >= 0.3 is 0 Å². The number of benzene rings is 3. The summed E-state index contributed by atoms with van der Waals surface area (Å²) in [5, 5.41) is 5.59. The minimum Gasteiger partial charge on any atom is -0.322 e. The number of carbonyl (C=O) groups excluding carboxylic acids is 1. The average molecular weight is 515 g/mol. The largest absolute Gasteiger partial charge is 0.322 e. The summed E-state index contributed by atoms with van der Waals surface area (Å²) in [6, 6.07) is 21.4. The third-order valence-electron chi connectivity index (χ3n) is 5.84. The normalized spacial score (nSPS) is 11.4. The van der Waals surface area contributed by atoms with Gasteiger partial charge in [0.2, 0.25) is 0 Å². The van der Waals surface area contributed by atoms with Gasteiger partial charge in [0.1, 0.15) is 0 Å². The monoisotopic (exact) mass is 514 g/mol. The Kier molecular flexibility index (Phi) is 6.26. The van der Waals surface area contributed by atoms with Gasteiger partial charge in [-0.3, -0.25) is 9.52 Å². The van der Waals surface area contributed by atoms with E-state index in [1.54, 1.807) is 23.6 Å². The standard InChI is InChI=1S/C27H22N4O3S2/c1-17-7-8-19(15-18(17)2)25-16-23(22-5-3-4-6-24(22)30-25)26(32)29-20-9-11-21(12-10-20)36(33,34)31-27-28-13-14-35-27/h3-16H,1-2H3,(H,28,31)(H,29,32). The van der Waals surface area contributed by atoms with Gasteiger partial charge in [-0.15, -0.1) is 11.3 Å². The maximum Gasteiger partial charge on any atom is 0.263 e. The molecule has 180 valence electrons. The van der Waals surface area contributed by atoms with Crippen LogP contribution in [0.2, 0.25) is 0 Å². The van der Waals surface area contributed by atoms with Crippen LogP contribution in [0.15, 0.2) is 89.3 Å². The number of para-hydroxylation sites is 1. The fourth-order valence-electron chi connectivity index (χ4n) is 3.78. The van der Waals surface area contributed by atoms with Crippen molar-refractivity contribution in [3.8, 4) is 11.3 Å². The predicted molar refractivity (Wildman–Crippen MR) is 144 cm³/mol. The van der Waals surface area contributed by atoms with Crippen LogP contribution < -0.4 is 10.0 Å². The minimum absolute atomic E-state index is 0.0714. The molecule has 9 heteroatoms. The summed E-state index contributed by atoms with van der Waals surface area (Å²) in [5.74, 6) is -0.310. The number of nitrogens with zero attached hydrogens (tertiary/aromatic N) is 2. The van der Waals surface area contributed by atoms with E-state index in [0.29, 0.717) is 22.5 Å². The maximum absolute atomic E-state index is 13.3. The van der Waals surface area contributed by atoms with Crippen molar-refractivity contribution in [2.24, 2.45) is 0 Å². The van der Waals surface area contributed by atoms with Crippen molar-refractivity contribution in [3.05, 3.63) is 101 Å². The van der Waals surface area contributed by atoms with Crippen LogP contribution in [-0.4, -0.2) is 24.3 Å². The quantitative estimate of drug-likeness (QED) is 0.288. The van der Waals surface area contributed by atoms with Crippen LogP contribution >= 0.6 is 11.3 Å². The second-order valence-electron chi connectivity index (χ2n) is 8.29. The lowest BCUT2D eigenvalue weighted by molar-refractivity contribution is 0.102. The van der Waals surface area contributed by atoms with Gasteiger partial charge in [-0.2, -0.15) is 0 Å². The van der Waals surface area contributed by atoms with Crippen molar-refractivity contribution in [1.29, 1.82) is 0 Å². The molecular weight excluding hydrogens is 492 g/mol. The van der Waals surface area contributed by atoms with E-state index in [1.807, 2.05) is 43.3 Å². The summed E-state index contributed by atoms with van der Waals surface area (Å²) in [6.07, 6.45) is 1.52. The Balaban J connectivity index is 1.44. The van der Waals surface area contributed by atoms with Gasteiger partial charge in [0.15, 0.2) is 5.13 Å². The molecule has 0 aliphatic carbocycles. The van der Waals surface area contributed by atoms with E-state index in [4.69, 9.17) is 4.98 Å². The van der Waals surface area contributed by atoms with Crippen LogP contribution in [0.25, 0.3) is 22.2 Å². The van der Waals surface area contributed by atoms with Gasteiger partial charge in [0.25, 0.3) is 15.9 Å². The highest BCUT2D eigenvalue weighted by Gasteiger charge is 2.17. The van der Waals surface area contributed by atoms with E-state index < -0.39 is 10.0 Å². The van der Waals surface area contributed by atoms with Gasteiger partial charge in [0.05, 0.1) is 21.7 Å². The summed E-state index contributed by atoms with van der Waals surface area (Å²) in [5.41, 5.74) is 5.64. The van der Waals surface area contributed by atoms with Gasteiger partial charge in [-0.25, -0.2) is 18.4 Å². The van der Waals surface area contributed by atoms with Crippen molar-refractivity contribution in [1.82, 2.24) is 9.97 Å². The number of carbonyl (C=O) groups is 1. The first kappa shape index (κ1) is 23.7. The Morgan fingerprint density at radius 3 is 2.42 bits per heavy atom. The number of hydrogen-bond acceptors (Lipinski definition) is 6. The van der Waals surface area contributed by atoms with Crippen LogP contribution in [0.5, 0.6) is 0 Å². The molecule has 7 nitrogen and oxygen atoms in total. The lowest BCUT2D eigenvalue weighted by Crippen LogP contribution is -2.14. The molecule has 0 aliphatic heterocycles. The van der Waals surface area contributed by atoms with E-state index in [9.17, 15) is 13.2 Å². The number of nitrogens with one attached hydrogen (secondary N) is 2. The topological polar surface area (TPSA) is 101 Å². The number of aryl methyl sites for hydroxylation is 2. The van der Waals surface area contributed by atoms with E-state index in [2.05, 4.69) is 28.0 Å². The second kappa shape index (κ2) is 9.52. The number of pyridine rings is 1. The number of amides is 1. The van der Waals surface area contributed by atoms with Crippen molar-refractivity contribution >= 4 is 49.0 Å². The van der Waals surface area contributed by atoms with Crippen LogP contribution in [0, 0.1) is 13.8 Å².